The van der Waals surface area contributed by atoms with E-state index in [9.17, 15) is 4.79 Å². The fourth-order valence-corrected chi connectivity index (χ4v) is 3.75. The van der Waals surface area contributed by atoms with Crippen LogP contribution in [-0.4, -0.2) is 28.8 Å². The molecule has 0 saturated heterocycles. The molecule has 136 valence electrons. The zero-order valence-electron chi connectivity index (χ0n) is 15.1. The smallest absolute Gasteiger partial charge is 0.291 e. The number of nitrogens with zero attached hydrogens (tertiary/aromatic N) is 3. The van der Waals surface area contributed by atoms with Crippen LogP contribution in [0, 0.1) is 6.92 Å². The van der Waals surface area contributed by atoms with Gasteiger partial charge in [0.1, 0.15) is 11.5 Å². The Bertz CT molecular complexity index is 1240. The highest BCUT2D eigenvalue weighted by atomic mass is 32.1. The molecular formula is C20H17N3O3S. The summed E-state index contributed by atoms with van der Waals surface area (Å²) < 4.78 is 12.5. The van der Waals surface area contributed by atoms with Gasteiger partial charge in [-0.15, -0.1) is 5.10 Å². The molecule has 4 rings (SSSR count). The van der Waals surface area contributed by atoms with Crippen LogP contribution in [0.4, 0.5) is 0 Å². The van der Waals surface area contributed by atoms with E-state index >= 15 is 0 Å². The quantitative estimate of drug-likeness (QED) is 0.545. The molecule has 0 aliphatic rings. The van der Waals surface area contributed by atoms with E-state index in [4.69, 9.17) is 9.47 Å². The van der Waals surface area contributed by atoms with Gasteiger partial charge in [-0.05, 0) is 30.7 Å². The van der Waals surface area contributed by atoms with Crippen LogP contribution in [0.15, 0.2) is 47.3 Å². The van der Waals surface area contributed by atoms with Crippen LogP contribution in [0.5, 0.6) is 11.5 Å². The van der Waals surface area contributed by atoms with Crippen molar-refractivity contribution < 1.29 is 9.47 Å². The second-order valence-corrected chi connectivity index (χ2v) is 6.98. The van der Waals surface area contributed by atoms with Gasteiger partial charge in [0.15, 0.2) is 5.82 Å². The van der Waals surface area contributed by atoms with E-state index in [0.717, 1.165) is 16.7 Å². The van der Waals surface area contributed by atoms with Gasteiger partial charge < -0.3 is 9.47 Å². The van der Waals surface area contributed by atoms with Crippen molar-refractivity contribution in [1.82, 2.24) is 14.6 Å². The Morgan fingerprint density at radius 1 is 1.11 bits per heavy atom. The molecule has 0 amide bonds. The van der Waals surface area contributed by atoms with Crippen LogP contribution in [0.3, 0.4) is 0 Å². The summed E-state index contributed by atoms with van der Waals surface area (Å²) in [6.07, 6.45) is 1.79. The largest absolute Gasteiger partial charge is 0.497 e. The molecule has 2 aromatic heterocycles. The van der Waals surface area contributed by atoms with E-state index in [1.54, 1.807) is 26.4 Å². The predicted molar refractivity (Wildman–Crippen MR) is 106 cm³/mol. The van der Waals surface area contributed by atoms with Gasteiger partial charge in [-0.1, -0.05) is 35.6 Å². The number of aryl methyl sites for hydroxylation is 1. The number of rotatable bonds is 4. The van der Waals surface area contributed by atoms with Crippen LogP contribution in [0.2, 0.25) is 0 Å². The molecule has 4 aromatic rings. The molecule has 0 radical (unpaired) electrons. The highest BCUT2D eigenvalue weighted by Gasteiger charge is 2.13. The Hall–Kier alpha value is -3.19. The predicted octanol–water partition coefficient (Wildman–Crippen LogP) is 2.69. The zero-order chi connectivity index (χ0) is 19.0. The molecule has 7 heteroatoms. The molecule has 0 saturated carbocycles. The minimum Gasteiger partial charge on any atom is -0.497 e. The number of methoxy groups -OCH3 is 2. The molecule has 2 aromatic carbocycles. The molecule has 0 bridgehead atoms. The lowest BCUT2D eigenvalue weighted by Crippen LogP contribution is -2.23. The first-order valence-electron chi connectivity index (χ1n) is 8.30. The lowest BCUT2D eigenvalue weighted by Gasteiger charge is -2.06. The number of ether oxygens (including phenoxy) is 2. The maximum absolute atomic E-state index is 12.8. The second kappa shape index (κ2) is 6.85. The molecule has 0 aliphatic heterocycles. The molecule has 0 unspecified atom stereocenters. The van der Waals surface area contributed by atoms with Crippen molar-refractivity contribution in [1.29, 1.82) is 0 Å². The maximum Gasteiger partial charge on any atom is 0.291 e. The number of aromatic nitrogens is 3. The van der Waals surface area contributed by atoms with Crippen molar-refractivity contribution >= 4 is 22.4 Å². The molecule has 27 heavy (non-hydrogen) atoms. The zero-order valence-corrected chi connectivity index (χ0v) is 15.9. The van der Waals surface area contributed by atoms with Gasteiger partial charge in [0.25, 0.3) is 5.56 Å². The molecule has 0 spiro atoms. The molecule has 0 atom stereocenters. The van der Waals surface area contributed by atoms with Crippen LogP contribution in [0.25, 0.3) is 22.4 Å². The first-order chi connectivity index (χ1) is 13.1. The van der Waals surface area contributed by atoms with E-state index in [1.165, 1.54) is 15.9 Å². The minimum absolute atomic E-state index is 0.194. The van der Waals surface area contributed by atoms with Crippen molar-refractivity contribution in [3.8, 4) is 22.9 Å². The SMILES string of the molecule is COc1ccc(/C=c2/sc3nc(-c4ccccc4C)nn3c2=O)c(OC)c1. The van der Waals surface area contributed by atoms with Crippen molar-refractivity contribution in [2.45, 2.75) is 6.92 Å². The standard InChI is InChI=1S/C20H17N3O3S/c1-12-6-4-5-7-15(12)18-21-20-23(22-18)19(24)17(27-20)10-13-8-9-14(25-2)11-16(13)26-3/h4-11H,1-3H3/b17-10+. The Morgan fingerprint density at radius 2 is 1.93 bits per heavy atom. The lowest BCUT2D eigenvalue weighted by atomic mass is 10.1. The van der Waals surface area contributed by atoms with Gasteiger partial charge in [0.2, 0.25) is 4.96 Å². The fourth-order valence-electron chi connectivity index (χ4n) is 2.85. The number of hydrogen-bond donors (Lipinski definition) is 0. The summed E-state index contributed by atoms with van der Waals surface area (Å²) in [6, 6.07) is 13.3. The Labute approximate surface area is 159 Å². The Kier molecular flexibility index (Phi) is 4.37. The van der Waals surface area contributed by atoms with Gasteiger partial charge in [-0.2, -0.15) is 9.50 Å². The average Bonchev–Trinajstić information content (AvgIpc) is 3.22. The summed E-state index contributed by atoms with van der Waals surface area (Å²) in [6.45, 7) is 2.00. The topological polar surface area (TPSA) is 65.7 Å². The molecule has 6 nitrogen and oxygen atoms in total. The van der Waals surface area contributed by atoms with Gasteiger partial charge in [0, 0.05) is 17.2 Å². The maximum atomic E-state index is 12.8. The first kappa shape index (κ1) is 17.2. The minimum atomic E-state index is -0.194. The van der Waals surface area contributed by atoms with Gasteiger partial charge >= 0.3 is 0 Å². The highest BCUT2D eigenvalue weighted by Crippen LogP contribution is 2.25. The molecule has 0 N–H and O–H groups in total. The van der Waals surface area contributed by atoms with Crippen LogP contribution in [-0.2, 0) is 0 Å². The molecule has 0 aliphatic carbocycles. The average molecular weight is 379 g/mol. The lowest BCUT2D eigenvalue weighted by molar-refractivity contribution is 0.393. The Morgan fingerprint density at radius 3 is 2.63 bits per heavy atom. The van der Waals surface area contributed by atoms with Gasteiger partial charge in [0.05, 0.1) is 18.8 Å². The van der Waals surface area contributed by atoms with E-state index in [1.807, 2.05) is 43.3 Å². The summed E-state index contributed by atoms with van der Waals surface area (Å²) in [5.41, 5.74) is 2.59. The van der Waals surface area contributed by atoms with Crippen LogP contribution in [0.1, 0.15) is 11.1 Å². The molecule has 0 fully saturated rings. The van der Waals surface area contributed by atoms with Crippen molar-refractivity contribution in [2.75, 3.05) is 14.2 Å². The summed E-state index contributed by atoms with van der Waals surface area (Å²) in [4.78, 5) is 17.9. The van der Waals surface area contributed by atoms with Gasteiger partial charge in [-0.25, -0.2) is 0 Å². The van der Waals surface area contributed by atoms with E-state index in [0.29, 0.717) is 26.8 Å². The van der Waals surface area contributed by atoms with E-state index in [-0.39, 0.29) is 5.56 Å². The summed E-state index contributed by atoms with van der Waals surface area (Å²) >= 11 is 1.30. The summed E-state index contributed by atoms with van der Waals surface area (Å²) in [5, 5.41) is 4.41. The second-order valence-electron chi connectivity index (χ2n) is 5.97. The Balaban J connectivity index is 1.82. The monoisotopic (exact) mass is 379 g/mol. The van der Waals surface area contributed by atoms with Gasteiger partial charge in [-0.3, -0.25) is 4.79 Å². The van der Waals surface area contributed by atoms with Crippen LogP contribution < -0.4 is 19.6 Å². The van der Waals surface area contributed by atoms with E-state index in [2.05, 4.69) is 10.1 Å². The first-order valence-corrected chi connectivity index (χ1v) is 9.11. The number of thiazole rings is 1. The summed E-state index contributed by atoms with van der Waals surface area (Å²) in [5.74, 6) is 1.88. The third-order valence-corrected chi connectivity index (χ3v) is 5.25. The normalized spacial score (nSPS) is 11.9. The highest BCUT2D eigenvalue weighted by molar-refractivity contribution is 7.15. The number of hydrogen-bond acceptors (Lipinski definition) is 6. The molecular weight excluding hydrogens is 362 g/mol. The fraction of sp³-hybridized carbons (Fsp3) is 0.150. The number of fused-ring (bicyclic) bond motifs is 1. The van der Waals surface area contributed by atoms with Crippen molar-refractivity contribution in [3.63, 3.8) is 0 Å². The third kappa shape index (κ3) is 3.06. The third-order valence-electron chi connectivity index (χ3n) is 4.30. The van der Waals surface area contributed by atoms with Crippen molar-refractivity contribution in [2.24, 2.45) is 0 Å². The van der Waals surface area contributed by atoms with Crippen LogP contribution >= 0.6 is 11.3 Å². The molecule has 2 heterocycles. The number of benzene rings is 2. The van der Waals surface area contributed by atoms with Crippen molar-refractivity contribution in [3.05, 3.63) is 68.5 Å². The van der Waals surface area contributed by atoms with E-state index < -0.39 is 0 Å². The summed E-state index contributed by atoms with van der Waals surface area (Å²) in [7, 11) is 3.18.